The van der Waals surface area contributed by atoms with Gasteiger partial charge < -0.3 is 15.0 Å². The minimum atomic E-state index is -0.195. The van der Waals surface area contributed by atoms with Crippen LogP contribution < -0.4 is 10.1 Å². The summed E-state index contributed by atoms with van der Waals surface area (Å²) in [6, 6.07) is 5.88. The van der Waals surface area contributed by atoms with E-state index in [0.29, 0.717) is 6.61 Å². The van der Waals surface area contributed by atoms with E-state index in [1.807, 2.05) is 45.9 Å². The first-order valence-corrected chi connectivity index (χ1v) is 7.97. The SMILES string of the molecule is CCOc1ccc2nc(S[C@@H](C)C(=O)NC(C)C)[nH]c2c1. The van der Waals surface area contributed by atoms with Gasteiger partial charge in [-0.1, -0.05) is 11.8 Å². The van der Waals surface area contributed by atoms with Gasteiger partial charge in [0.25, 0.3) is 0 Å². The number of imidazole rings is 1. The third-order valence-electron chi connectivity index (χ3n) is 2.83. The molecule has 0 aliphatic rings. The molecule has 2 aromatic rings. The fourth-order valence-electron chi connectivity index (χ4n) is 1.90. The first kappa shape index (κ1) is 15.7. The maximum Gasteiger partial charge on any atom is 0.233 e. The van der Waals surface area contributed by atoms with Crippen LogP contribution in [-0.4, -0.2) is 33.8 Å². The van der Waals surface area contributed by atoms with Gasteiger partial charge in [0.05, 0.1) is 22.9 Å². The number of ether oxygens (including phenoxy) is 1. The fraction of sp³-hybridized carbons (Fsp3) is 0.467. The highest BCUT2D eigenvalue weighted by Gasteiger charge is 2.17. The van der Waals surface area contributed by atoms with Crippen molar-refractivity contribution in [3.8, 4) is 5.75 Å². The summed E-state index contributed by atoms with van der Waals surface area (Å²) >= 11 is 1.42. The molecule has 0 spiro atoms. The lowest BCUT2D eigenvalue weighted by Crippen LogP contribution is -2.35. The van der Waals surface area contributed by atoms with E-state index in [1.165, 1.54) is 11.8 Å². The summed E-state index contributed by atoms with van der Waals surface area (Å²) in [7, 11) is 0. The smallest absolute Gasteiger partial charge is 0.233 e. The van der Waals surface area contributed by atoms with Crippen LogP contribution in [0.15, 0.2) is 23.4 Å². The lowest BCUT2D eigenvalue weighted by atomic mass is 10.3. The number of carbonyl (C=O) groups excluding carboxylic acids is 1. The molecule has 0 saturated heterocycles. The van der Waals surface area contributed by atoms with Gasteiger partial charge in [-0.25, -0.2) is 4.98 Å². The van der Waals surface area contributed by atoms with Gasteiger partial charge in [-0.05, 0) is 39.8 Å². The second kappa shape index (κ2) is 6.85. The first-order chi connectivity index (χ1) is 9.99. The van der Waals surface area contributed by atoms with Crippen molar-refractivity contribution in [2.45, 2.75) is 44.1 Å². The van der Waals surface area contributed by atoms with Crippen LogP contribution in [0.4, 0.5) is 0 Å². The average molecular weight is 307 g/mol. The Bertz CT molecular complexity index is 624. The maximum absolute atomic E-state index is 11.9. The van der Waals surface area contributed by atoms with Crippen LogP contribution in [0.5, 0.6) is 5.75 Å². The predicted octanol–water partition coefficient (Wildman–Crippen LogP) is 2.97. The summed E-state index contributed by atoms with van der Waals surface area (Å²) in [5.41, 5.74) is 1.79. The number of thioether (sulfide) groups is 1. The molecule has 5 nitrogen and oxygen atoms in total. The Labute approximate surface area is 128 Å². The highest BCUT2D eigenvalue weighted by Crippen LogP contribution is 2.25. The Hall–Kier alpha value is -1.69. The molecule has 0 saturated carbocycles. The van der Waals surface area contributed by atoms with Crippen LogP contribution in [0.1, 0.15) is 27.7 Å². The molecule has 0 unspecified atom stereocenters. The number of aromatic nitrogens is 2. The minimum absolute atomic E-state index is 0.0189. The Morgan fingerprint density at radius 3 is 2.86 bits per heavy atom. The summed E-state index contributed by atoms with van der Waals surface area (Å²) in [6.45, 7) is 8.36. The summed E-state index contributed by atoms with van der Waals surface area (Å²) in [4.78, 5) is 19.6. The number of carbonyl (C=O) groups is 1. The summed E-state index contributed by atoms with van der Waals surface area (Å²) in [5.74, 6) is 0.835. The monoisotopic (exact) mass is 307 g/mol. The number of H-pyrrole nitrogens is 1. The minimum Gasteiger partial charge on any atom is -0.494 e. The van der Waals surface area contributed by atoms with E-state index >= 15 is 0 Å². The van der Waals surface area contributed by atoms with Crippen molar-refractivity contribution in [2.75, 3.05) is 6.61 Å². The van der Waals surface area contributed by atoms with Gasteiger partial charge in [0.15, 0.2) is 5.16 Å². The van der Waals surface area contributed by atoms with Crippen molar-refractivity contribution in [3.63, 3.8) is 0 Å². The van der Waals surface area contributed by atoms with E-state index in [1.54, 1.807) is 0 Å². The number of rotatable bonds is 6. The lowest BCUT2D eigenvalue weighted by Gasteiger charge is -2.12. The van der Waals surface area contributed by atoms with Gasteiger partial charge in [-0.15, -0.1) is 0 Å². The van der Waals surface area contributed by atoms with Crippen molar-refractivity contribution < 1.29 is 9.53 Å². The fourth-order valence-corrected chi connectivity index (χ4v) is 2.73. The number of hydrogen-bond donors (Lipinski definition) is 2. The van der Waals surface area contributed by atoms with Crippen LogP contribution in [-0.2, 0) is 4.79 Å². The van der Waals surface area contributed by atoms with Crippen LogP contribution >= 0.6 is 11.8 Å². The largest absolute Gasteiger partial charge is 0.494 e. The molecule has 1 heterocycles. The highest BCUT2D eigenvalue weighted by atomic mass is 32.2. The van der Waals surface area contributed by atoms with Crippen molar-refractivity contribution in [1.82, 2.24) is 15.3 Å². The number of aromatic amines is 1. The van der Waals surface area contributed by atoms with E-state index < -0.39 is 0 Å². The van der Waals surface area contributed by atoms with Crippen LogP contribution in [0.3, 0.4) is 0 Å². The molecule has 6 heteroatoms. The molecule has 0 fully saturated rings. The molecule has 1 aromatic heterocycles. The number of nitrogens with one attached hydrogen (secondary N) is 2. The van der Waals surface area contributed by atoms with Crippen LogP contribution in [0.25, 0.3) is 11.0 Å². The van der Waals surface area contributed by atoms with Crippen LogP contribution in [0.2, 0.25) is 0 Å². The molecular weight excluding hydrogens is 286 g/mol. The molecule has 1 aromatic carbocycles. The molecule has 2 rings (SSSR count). The summed E-state index contributed by atoms with van der Waals surface area (Å²) < 4.78 is 5.47. The average Bonchev–Trinajstić information content (AvgIpc) is 2.79. The number of amides is 1. The van der Waals surface area contributed by atoms with Gasteiger partial charge >= 0.3 is 0 Å². The number of nitrogens with zero attached hydrogens (tertiary/aromatic N) is 1. The molecule has 2 N–H and O–H groups in total. The lowest BCUT2D eigenvalue weighted by molar-refractivity contribution is -0.120. The molecule has 0 aliphatic carbocycles. The topological polar surface area (TPSA) is 67.0 Å². The molecule has 0 bridgehead atoms. The molecule has 114 valence electrons. The summed E-state index contributed by atoms with van der Waals surface area (Å²) in [6.07, 6.45) is 0. The van der Waals surface area contributed by atoms with E-state index in [4.69, 9.17) is 4.74 Å². The zero-order chi connectivity index (χ0) is 15.4. The van der Waals surface area contributed by atoms with Gasteiger partial charge in [0, 0.05) is 12.1 Å². The van der Waals surface area contributed by atoms with Gasteiger partial charge in [0.2, 0.25) is 5.91 Å². The van der Waals surface area contributed by atoms with E-state index in [9.17, 15) is 4.79 Å². The maximum atomic E-state index is 11.9. The second-order valence-corrected chi connectivity index (χ2v) is 6.41. The number of hydrogen-bond acceptors (Lipinski definition) is 4. The molecule has 21 heavy (non-hydrogen) atoms. The van der Waals surface area contributed by atoms with Crippen molar-refractivity contribution in [3.05, 3.63) is 18.2 Å². The molecule has 1 atom stereocenters. The number of fused-ring (bicyclic) bond motifs is 1. The normalized spacial score (nSPS) is 12.6. The van der Waals surface area contributed by atoms with Gasteiger partial charge in [-0.2, -0.15) is 0 Å². The van der Waals surface area contributed by atoms with Gasteiger partial charge in [0.1, 0.15) is 5.75 Å². The zero-order valence-electron chi connectivity index (χ0n) is 12.8. The Morgan fingerprint density at radius 1 is 1.43 bits per heavy atom. The third-order valence-corrected chi connectivity index (χ3v) is 3.82. The van der Waals surface area contributed by atoms with Crippen molar-refractivity contribution in [1.29, 1.82) is 0 Å². The Morgan fingerprint density at radius 2 is 2.19 bits per heavy atom. The zero-order valence-corrected chi connectivity index (χ0v) is 13.6. The number of benzene rings is 1. The molecular formula is C15H21N3O2S. The van der Waals surface area contributed by atoms with E-state index in [0.717, 1.165) is 21.9 Å². The molecule has 0 aliphatic heterocycles. The van der Waals surface area contributed by atoms with E-state index in [-0.39, 0.29) is 17.2 Å². The standard InChI is InChI=1S/C15H21N3O2S/c1-5-20-11-6-7-12-13(8-11)18-15(17-12)21-10(4)14(19)16-9(2)3/h6-10H,5H2,1-4H3,(H,16,19)(H,17,18)/t10-/m0/s1. The van der Waals surface area contributed by atoms with Crippen LogP contribution in [0, 0.1) is 0 Å². The van der Waals surface area contributed by atoms with Crippen molar-refractivity contribution in [2.24, 2.45) is 0 Å². The Balaban J connectivity index is 2.10. The first-order valence-electron chi connectivity index (χ1n) is 7.09. The second-order valence-electron chi connectivity index (χ2n) is 5.08. The van der Waals surface area contributed by atoms with Crippen molar-refractivity contribution >= 4 is 28.7 Å². The van der Waals surface area contributed by atoms with E-state index in [2.05, 4.69) is 15.3 Å². The quantitative estimate of drug-likeness (QED) is 0.805. The summed E-state index contributed by atoms with van der Waals surface area (Å²) in [5, 5.41) is 3.45. The molecule has 1 amide bonds. The molecule has 0 radical (unpaired) electrons. The Kier molecular flexibility index (Phi) is 5.12. The van der Waals surface area contributed by atoms with Gasteiger partial charge in [-0.3, -0.25) is 4.79 Å². The predicted molar refractivity (Wildman–Crippen MR) is 85.9 cm³/mol. The third kappa shape index (κ3) is 4.14. The highest BCUT2D eigenvalue weighted by molar-refractivity contribution is 8.00.